The number of aryl methyl sites for hydroxylation is 2. The van der Waals surface area contributed by atoms with E-state index in [1.165, 1.54) is 0 Å². The highest BCUT2D eigenvalue weighted by molar-refractivity contribution is 7.92. The van der Waals surface area contributed by atoms with Gasteiger partial charge < -0.3 is 4.98 Å². The minimum Gasteiger partial charge on any atom is -0.358 e. The van der Waals surface area contributed by atoms with Crippen molar-refractivity contribution in [2.45, 2.75) is 31.1 Å². The molecule has 25 heavy (non-hydrogen) atoms. The van der Waals surface area contributed by atoms with E-state index in [1.807, 2.05) is 6.07 Å². The molecule has 1 aliphatic carbocycles. The maximum absolute atomic E-state index is 12.8. The van der Waals surface area contributed by atoms with Crippen molar-refractivity contribution in [3.63, 3.8) is 0 Å². The predicted molar refractivity (Wildman–Crippen MR) is 97.6 cm³/mol. The fraction of sp³-hybridized carbons (Fsp3) is 0.211. The van der Waals surface area contributed by atoms with Gasteiger partial charge in [-0.05, 0) is 49.6 Å². The maximum Gasteiger partial charge on any atom is 0.262 e. The van der Waals surface area contributed by atoms with E-state index in [0.29, 0.717) is 23.2 Å². The number of rotatable bonds is 3. The first-order chi connectivity index (χ1) is 12.0. The van der Waals surface area contributed by atoms with Crippen molar-refractivity contribution in [3.05, 3.63) is 59.3 Å². The molecule has 6 heteroatoms. The molecule has 1 heterocycles. The second-order valence-corrected chi connectivity index (χ2v) is 8.04. The molecule has 2 aromatic carbocycles. The second-order valence-electron chi connectivity index (χ2n) is 6.39. The molecule has 2 N–H and O–H groups in total. The molecule has 0 bridgehead atoms. The summed E-state index contributed by atoms with van der Waals surface area (Å²) in [6.07, 6.45) is 2.20. The molecule has 0 radical (unpaired) electrons. The van der Waals surface area contributed by atoms with E-state index in [0.717, 1.165) is 29.5 Å². The van der Waals surface area contributed by atoms with Gasteiger partial charge in [0.25, 0.3) is 10.0 Å². The van der Waals surface area contributed by atoms with Crippen molar-refractivity contribution in [1.82, 2.24) is 4.98 Å². The summed E-state index contributed by atoms with van der Waals surface area (Å²) < 4.78 is 28.2. The third kappa shape index (κ3) is 2.72. The number of ketones is 1. The molecule has 4 rings (SSSR count). The third-order valence-corrected chi connectivity index (χ3v) is 6.12. The normalized spacial score (nSPS) is 14.5. The number of anilines is 1. The first-order valence-corrected chi connectivity index (χ1v) is 9.70. The Kier molecular flexibility index (Phi) is 3.65. The Labute approximate surface area is 146 Å². The van der Waals surface area contributed by atoms with Crippen LogP contribution < -0.4 is 4.72 Å². The molecule has 128 valence electrons. The molecule has 0 saturated heterocycles. The van der Waals surface area contributed by atoms with Crippen LogP contribution in [0.4, 0.5) is 5.69 Å². The van der Waals surface area contributed by atoms with Gasteiger partial charge in [-0.2, -0.15) is 0 Å². The number of hydrogen-bond acceptors (Lipinski definition) is 3. The summed E-state index contributed by atoms with van der Waals surface area (Å²) in [6, 6.07) is 12.2. The first-order valence-electron chi connectivity index (χ1n) is 8.22. The molecular weight excluding hydrogens is 336 g/mol. The molecule has 0 amide bonds. The molecule has 0 saturated carbocycles. The standard InChI is InChI=1S/C19H18N2O3S/c1-12-10-14-16(20-15-8-5-9-17(22)19(14)15)11-18(12)25(23,24)21-13-6-3-2-4-7-13/h2-4,6-7,10-11,20-21H,5,8-9H2,1H3. The monoisotopic (exact) mass is 354 g/mol. The Morgan fingerprint density at radius 2 is 1.84 bits per heavy atom. The number of para-hydroxylation sites is 1. The summed E-state index contributed by atoms with van der Waals surface area (Å²) >= 11 is 0. The van der Waals surface area contributed by atoms with Crippen molar-refractivity contribution < 1.29 is 13.2 Å². The van der Waals surface area contributed by atoms with Gasteiger partial charge in [0, 0.05) is 34.3 Å². The zero-order chi connectivity index (χ0) is 17.6. The number of carbonyl (C=O) groups is 1. The Morgan fingerprint density at radius 1 is 1.08 bits per heavy atom. The Hall–Kier alpha value is -2.60. The maximum atomic E-state index is 12.8. The quantitative estimate of drug-likeness (QED) is 0.751. The average Bonchev–Trinajstić information content (AvgIpc) is 2.93. The Morgan fingerprint density at radius 3 is 2.60 bits per heavy atom. The smallest absolute Gasteiger partial charge is 0.262 e. The van der Waals surface area contributed by atoms with Crippen LogP contribution in [0, 0.1) is 6.92 Å². The molecule has 0 spiro atoms. The van der Waals surface area contributed by atoms with E-state index in [9.17, 15) is 13.2 Å². The van der Waals surface area contributed by atoms with Crippen molar-refractivity contribution in [2.75, 3.05) is 4.72 Å². The topological polar surface area (TPSA) is 79.0 Å². The summed E-state index contributed by atoms with van der Waals surface area (Å²) in [4.78, 5) is 15.7. The van der Waals surface area contributed by atoms with E-state index in [-0.39, 0.29) is 10.7 Å². The predicted octanol–water partition coefficient (Wildman–Crippen LogP) is 3.80. The van der Waals surface area contributed by atoms with Gasteiger partial charge in [0.15, 0.2) is 5.78 Å². The number of sulfonamides is 1. The second kappa shape index (κ2) is 5.74. The number of Topliss-reactive ketones (excluding diaryl/α,β-unsaturated/α-hetero) is 1. The fourth-order valence-electron chi connectivity index (χ4n) is 3.45. The third-order valence-electron chi connectivity index (χ3n) is 4.60. The van der Waals surface area contributed by atoms with Crippen LogP contribution in [-0.2, 0) is 16.4 Å². The van der Waals surface area contributed by atoms with Gasteiger partial charge >= 0.3 is 0 Å². The van der Waals surface area contributed by atoms with Crippen LogP contribution >= 0.6 is 0 Å². The Balaban J connectivity index is 1.83. The van der Waals surface area contributed by atoms with Gasteiger partial charge in [0.2, 0.25) is 0 Å². The van der Waals surface area contributed by atoms with Crippen molar-refractivity contribution >= 4 is 32.4 Å². The van der Waals surface area contributed by atoms with Gasteiger partial charge in [0.05, 0.1) is 4.90 Å². The molecule has 1 aliphatic rings. The highest BCUT2D eigenvalue weighted by Gasteiger charge is 2.25. The van der Waals surface area contributed by atoms with E-state index >= 15 is 0 Å². The van der Waals surface area contributed by atoms with Gasteiger partial charge in [0.1, 0.15) is 0 Å². The van der Waals surface area contributed by atoms with E-state index in [1.54, 1.807) is 43.3 Å². The first kappa shape index (κ1) is 15.9. The van der Waals surface area contributed by atoms with Crippen LogP contribution in [0.2, 0.25) is 0 Å². The number of aromatic nitrogens is 1. The largest absolute Gasteiger partial charge is 0.358 e. The lowest BCUT2D eigenvalue weighted by molar-refractivity contribution is 0.0974. The summed E-state index contributed by atoms with van der Waals surface area (Å²) in [5.41, 5.74) is 3.47. The molecule has 0 atom stereocenters. The van der Waals surface area contributed by atoms with Gasteiger partial charge in [-0.1, -0.05) is 18.2 Å². The van der Waals surface area contributed by atoms with E-state index in [2.05, 4.69) is 9.71 Å². The number of H-pyrrole nitrogens is 1. The van der Waals surface area contributed by atoms with Crippen LogP contribution in [0.3, 0.4) is 0 Å². The number of fused-ring (bicyclic) bond motifs is 3. The highest BCUT2D eigenvalue weighted by atomic mass is 32.2. The molecule has 1 aromatic heterocycles. The van der Waals surface area contributed by atoms with Crippen molar-refractivity contribution in [3.8, 4) is 0 Å². The van der Waals surface area contributed by atoms with Crippen LogP contribution in [0.25, 0.3) is 10.9 Å². The average molecular weight is 354 g/mol. The summed E-state index contributed by atoms with van der Waals surface area (Å²) in [5.74, 6) is 0.130. The highest BCUT2D eigenvalue weighted by Crippen LogP contribution is 2.32. The fourth-order valence-corrected chi connectivity index (χ4v) is 4.76. The molecule has 0 unspecified atom stereocenters. The molecule has 0 fully saturated rings. The zero-order valence-electron chi connectivity index (χ0n) is 13.8. The lowest BCUT2D eigenvalue weighted by atomic mass is 9.94. The zero-order valence-corrected chi connectivity index (χ0v) is 14.6. The molecular formula is C19H18N2O3S. The minimum absolute atomic E-state index is 0.130. The summed E-state index contributed by atoms with van der Waals surface area (Å²) in [6.45, 7) is 1.76. The van der Waals surface area contributed by atoms with Crippen molar-refractivity contribution in [2.24, 2.45) is 0 Å². The molecule has 5 nitrogen and oxygen atoms in total. The lowest BCUT2D eigenvalue weighted by Crippen LogP contribution is -2.14. The summed E-state index contributed by atoms with van der Waals surface area (Å²) in [5, 5.41) is 0.816. The van der Waals surface area contributed by atoms with Crippen LogP contribution in [0.5, 0.6) is 0 Å². The van der Waals surface area contributed by atoms with Crippen molar-refractivity contribution in [1.29, 1.82) is 0 Å². The molecule has 3 aromatic rings. The number of nitrogens with one attached hydrogen (secondary N) is 2. The minimum atomic E-state index is -3.71. The van der Waals surface area contributed by atoms with E-state index < -0.39 is 10.0 Å². The number of carbonyl (C=O) groups excluding carboxylic acids is 1. The van der Waals surface area contributed by atoms with Crippen LogP contribution in [-0.4, -0.2) is 19.2 Å². The van der Waals surface area contributed by atoms with Crippen LogP contribution in [0.15, 0.2) is 47.4 Å². The number of aromatic amines is 1. The Bertz CT molecular complexity index is 1080. The molecule has 0 aliphatic heterocycles. The van der Waals surface area contributed by atoms with E-state index in [4.69, 9.17) is 0 Å². The van der Waals surface area contributed by atoms with Gasteiger partial charge in [-0.3, -0.25) is 9.52 Å². The SMILES string of the molecule is Cc1cc2c3c([nH]c2cc1S(=O)(=O)Nc1ccccc1)CCCC3=O. The number of benzene rings is 2. The van der Waals surface area contributed by atoms with Crippen LogP contribution in [0.1, 0.15) is 34.5 Å². The van der Waals surface area contributed by atoms with Gasteiger partial charge in [-0.15, -0.1) is 0 Å². The lowest BCUT2D eigenvalue weighted by Gasteiger charge is -2.11. The number of hydrogen-bond donors (Lipinski definition) is 2. The summed E-state index contributed by atoms with van der Waals surface area (Å²) in [7, 11) is -3.71. The van der Waals surface area contributed by atoms with Gasteiger partial charge in [-0.25, -0.2) is 8.42 Å².